The van der Waals surface area contributed by atoms with E-state index < -0.39 is 19.7 Å². The van der Waals surface area contributed by atoms with Gasteiger partial charge in [0.25, 0.3) is 0 Å². The first kappa shape index (κ1) is 16.9. The van der Waals surface area contributed by atoms with Crippen LogP contribution in [0.5, 0.6) is 0 Å². The number of carbonyl (C=O) groups is 1. The maximum Gasteiger partial charge on any atom is 0.500 e. The van der Waals surface area contributed by atoms with Crippen molar-refractivity contribution in [1.29, 1.82) is 0 Å². The van der Waals surface area contributed by atoms with Crippen LogP contribution in [-0.2, 0) is 18.1 Å². The van der Waals surface area contributed by atoms with Crippen molar-refractivity contribution >= 4 is 26.5 Å². The molecule has 0 fully saturated rings. The third kappa shape index (κ3) is 5.36. The Labute approximate surface area is 107 Å². The van der Waals surface area contributed by atoms with Crippen LogP contribution >= 0.6 is 11.8 Å². The molecule has 0 aromatic rings. The second-order valence-electron chi connectivity index (χ2n) is 3.54. The molecule has 0 aromatic heterocycles. The van der Waals surface area contributed by atoms with Crippen LogP contribution in [-0.4, -0.2) is 57.0 Å². The number of aliphatic hydroxyl groups is 1. The Morgan fingerprint density at radius 1 is 1.29 bits per heavy atom. The van der Waals surface area contributed by atoms with Gasteiger partial charge in [0.1, 0.15) is 0 Å². The minimum absolute atomic E-state index is 0.490. The van der Waals surface area contributed by atoms with Crippen LogP contribution in [0.15, 0.2) is 0 Å². The van der Waals surface area contributed by atoms with E-state index in [1.165, 1.54) is 28.3 Å². The highest BCUT2D eigenvalue weighted by Gasteiger charge is 2.37. The quantitative estimate of drug-likeness (QED) is 0.367. The molecule has 0 radical (unpaired) electrons. The minimum Gasteiger partial charge on any atom is -0.478 e. The van der Waals surface area contributed by atoms with Gasteiger partial charge in [-0.1, -0.05) is 0 Å². The molecule has 1 unspecified atom stereocenters. The fraction of sp³-hybridized carbons (Fsp3) is 0.889. The van der Waals surface area contributed by atoms with Gasteiger partial charge in [0.2, 0.25) is 4.93 Å². The van der Waals surface area contributed by atoms with Gasteiger partial charge in [0.15, 0.2) is 0 Å². The van der Waals surface area contributed by atoms with Crippen LogP contribution in [0.1, 0.15) is 13.3 Å². The molecule has 2 N–H and O–H groups in total. The summed E-state index contributed by atoms with van der Waals surface area (Å²) in [5.74, 6) is -0.749. The summed E-state index contributed by atoms with van der Waals surface area (Å²) in [6.45, 7) is 1.26. The van der Waals surface area contributed by atoms with Gasteiger partial charge in [0.05, 0.1) is 0 Å². The zero-order valence-electron chi connectivity index (χ0n) is 10.6. The van der Waals surface area contributed by atoms with Gasteiger partial charge >= 0.3 is 14.8 Å². The summed E-state index contributed by atoms with van der Waals surface area (Å²) in [4.78, 5) is 8.89. The summed E-state index contributed by atoms with van der Waals surface area (Å²) in [5, 5.41) is 18.2. The van der Waals surface area contributed by atoms with Gasteiger partial charge in [-0.15, -0.1) is 11.8 Å². The third-order valence-corrected chi connectivity index (χ3v) is 6.40. The predicted molar refractivity (Wildman–Crippen MR) is 66.9 cm³/mol. The van der Waals surface area contributed by atoms with E-state index >= 15 is 0 Å². The molecule has 0 aromatic carbocycles. The Balaban J connectivity index is 4.03. The summed E-state index contributed by atoms with van der Waals surface area (Å²) in [6, 6.07) is 0.583. The Hall–Kier alpha value is -0.123. The topological polar surface area (TPSA) is 85.2 Å². The van der Waals surface area contributed by atoms with Crippen LogP contribution in [0.4, 0.5) is 0 Å². The summed E-state index contributed by atoms with van der Waals surface area (Å²) >= 11 is 0.971. The van der Waals surface area contributed by atoms with E-state index in [1.807, 2.05) is 0 Å². The molecule has 17 heavy (non-hydrogen) atoms. The summed E-state index contributed by atoms with van der Waals surface area (Å²) in [6.07, 6.45) is 0.649. The van der Waals surface area contributed by atoms with Crippen molar-refractivity contribution in [3.05, 3.63) is 0 Å². The Morgan fingerprint density at radius 2 is 1.76 bits per heavy atom. The van der Waals surface area contributed by atoms with Crippen LogP contribution in [0.25, 0.3) is 0 Å². The van der Waals surface area contributed by atoms with Gasteiger partial charge in [-0.05, 0) is 19.1 Å². The zero-order valence-corrected chi connectivity index (χ0v) is 12.4. The standard InChI is InChI=1S/C9H20O6SSi/c1-9(12,8(10)11)16-6-5-7-17(13-2,14-3)15-4/h12H,5-7H2,1-4H3,(H,10,11). The first-order chi connectivity index (χ1) is 7.83. The van der Waals surface area contributed by atoms with Crippen molar-refractivity contribution < 1.29 is 28.3 Å². The molecule has 8 heteroatoms. The van der Waals surface area contributed by atoms with Crippen molar-refractivity contribution in [2.24, 2.45) is 0 Å². The van der Waals surface area contributed by atoms with Crippen molar-refractivity contribution in [1.82, 2.24) is 0 Å². The second kappa shape index (κ2) is 7.34. The minimum atomic E-state index is -2.58. The van der Waals surface area contributed by atoms with Crippen molar-refractivity contribution in [3.63, 3.8) is 0 Å². The molecule has 0 aliphatic carbocycles. The molecule has 6 nitrogen and oxygen atoms in total. The van der Waals surface area contributed by atoms with Crippen molar-refractivity contribution in [2.45, 2.75) is 24.3 Å². The lowest BCUT2D eigenvalue weighted by Gasteiger charge is -2.24. The molecule has 0 bridgehead atoms. The highest BCUT2D eigenvalue weighted by atomic mass is 32.2. The highest BCUT2D eigenvalue weighted by Crippen LogP contribution is 2.25. The fourth-order valence-electron chi connectivity index (χ4n) is 1.18. The van der Waals surface area contributed by atoms with E-state index in [1.54, 1.807) is 0 Å². The smallest absolute Gasteiger partial charge is 0.478 e. The lowest BCUT2D eigenvalue weighted by Crippen LogP contribution is -2.42. The molecular formula is C9H20O6SSi. The molecular weight excluding hydrogens is 264 g/mol. The normalized spacial score (nSPS) is 15.6. The van der Waals surface area contributed by atoms with Crippen molar-refractivity contribution in [3.8, 4) is 0 Å². The summed E-state index contributed by atoms with van der Waals surface area (Å²) in [7, 11) is 2.00. The maximum absolute atomic E-state index is 10.6. The zero-order chi connectivity index (χ0) is 13.5. The summed E-state index contributed by atoms with van der Waals surface area (Å²) < 4.78 is 15.7. The molecule has 0 aliphatic rings. The number of carboxylic acids is 1. The molecule has 1 atom stereocenters. The van der Waals surface area contributed by atoms with Crippen LogP contribution in [0.2, 0.25) is 6.04 Å². The average Bonchev–Trinajstić information content (AvgIpc) is 2.30. The SMILES string of the molecule is CO[Si](CCCSC(C)(O)C(=O)O)(OC)OC. The van der Waals surface area contributed by atoms with Crippen LogP contribution in [0, 0.1) is 0 Å². The van der Waals surface area contributed by atoms with E-state index in [2.05, 4.69) is 0 Å². The van der Waals surface area contributed by atoms with E-state index in [9.17, 15) is 9.90 Å². The molecule has 0 amide bonds. The first-order valence-electron chi connectivity index (χ1n) is 5.08. The van der Waals surface area contributed by atoms with E-state index in [-0.39, 0.29) is 0 Å². The monoisotopic (exact) mass is 284 g/mol. The Bertz CT molecular complexity index is 235. The molecule has 0 spiro atoms. The van der Waals surface area contributed by atoms with Gasteiger partial charge < -0.3 is 23.5 Å². The van der Waals surface area contributed by atoms with Gasteiger partial charge in [-0.25, -0.2) is 4.79 Å². The van der Waals surface area contributed by atoms with E-state index in [4.69, 9.17) is 18.4 Å². The fourth-order valence-corrected chi connectivity index (χ4v) is 3.97. The number of hydrogen-bond acceptors (Lipinski definition) is 6. The number of aliphatic carboxylic acids is 1. The molecule has 102 valence electrons. The molecule has 0 rings (SSSR count). The van der Waals surface area contributed by atoms with Gasteiger partial charge in [0, 0.05) is 27.4 Å². The highest BCUT2D eigenvalue weighted by molar-refractivity contribution is 8.01. The van der Waals surface area contributed by atoms with Crippen molar-refractivity contribution in [2.75, 3.05) is 27.1 Å². The molecule has 0 heterocycles. The van der Waals surface area contributed by atoms with E-state index in [0.29, 0.717) is 18.2 Å². The van der Waals surface area contributed by atoms with Crippen LogP contribution in [0.3, 0.4) is 0 Å². The van der Waals surface area contributed by atoms with Gasteiger partial charge in [-0.2, -0.15) is 0 Å². The third-order valence-electron chi connectivity index (χ3n) is 2.34. The summed E-state index contributed by atoms with van der Waals surface area (Å²) in [5.41, 5.74) is 0. The molecule has 0 saturated carbocycles. The Kier molecular flexibility index (Phi) is 7.29. The van der Waals surface area contributed by atoms with E-state index in [0.717, 1.165) is 11.8 Å². The largest absolute Gasteiger partial charge is 0.500 e. The molecule has 0 saturated heterocycles. The lowest BCUT2D eigenvalue weighted by atomic mass is 10.4. The average molecular weight is 284 g/mol. The van der Waals surface area contributed by atoms with Crippen LogP contribution < -0.4 is 0 Å². The number of rotatable bonds is 9. The lowest BCUT2D eigenvalue weighted by molar-refractivity contribution is -0.148. The Morgan fingerprint density at radius 3 is 2.12 bits per heavy atom. The number of thioether (sulfide) groups is 1. The number of carboxylic acid groups (broad SMARTS) is 1. The predicted octanol–water partition coefficient (Wildman–Crippen LogP) is 0.781. The van der Waals surface area contributed by atoms with Gasteiger partial charge in [-0.3, -0.25) is 0 Å². The molecule has 0 aliphatic heterocycles. The maximum atomic E-state index is 10.6. The first-order valence-corrected chi connectivity index (χ1v) is 8.00. The second-order valence-corrected chi connectivity index (χ2v) is 8.12. The number of hydrogen-bond donors (Lipinski definition) is 2.